The summed E-state index contributed by atoms with van der Waals surface area (Å²) in [4.78, 5) is 11.7. The Bertz CT molecular complexity index is 914. The van der Waals surface area contributed by atoms with E-state index in [4.69, 9.17) is 9.47 Å². The Morgan fingerprint density at radius 3 is 2.93 bits per heavy atom. The van der Waals surface area contributed by atoms with E-state index in [1.165, 1.54) is 11.3 Å². The van der Waals surface area contributed by atoms with Gasteiger partial charge in [0, 0.05) is 5.69 Å². The van der Waals surface area contributed by atoms with Crippen LogP contribution in [0.4, 0.5) is 9.93 Å². The summed E-state index contributed by atoms with van der Waals surface area (Å²) in [5.41, 5.74) is 0.998. The predicted octanol–water partition coefficient (Wildman–Crippen LogP) is 3.26. The lowest BCUT2D eigenvalue weighted by Crippen LogP contribution is -2.27. The summed E-state index contributed by atoms with van der Waals surface area (Å²) < 4.78 is 12.7. The van der Waals surface area contributed by atoms with Crippen molar-refractivity contribution in [1.82, 2.24) is 20.0 Å². The van der Waals surface area contributed by atoms with Crippen LogP contribution in [0.15, 0.2) is 18.2 Å². The van der Waals surface area contributed by atoms with Crippen molar-refractivity contribution in [3.63, 3.8) is 0 Å². The van der Waals surface area contributed by atoms with Gasteiger partial charge in [0.25, 0.3) is 0 Å². The SMILES string of the molecule is Cc1cc(C#Cc2nnc(NC(=O)OC(C)(C)C)s2)nn1C1C=CCCO1. The van der Waals surface area contributed by atoms with Crippen molar-refractivity contribution in [1.29, 1.82) is 0 Å². The minimum absolute atomic E-state index is 0.194. The van der Waals surface area contributed by atoms with Crippen LogP contribution in [0.3, 0.4) is 0 Å². The zero-order chi connectivity index (χ0) is 19.4. The minimum atomic E-state index is -0.578. The van der Waals surface area contributed by atoms with Gasteiger partial charge in [-0.2, -0.15) is 5.10 Å². The maximum absolute atomic E-state index is 11.7. The van der Waals surface area contributed by atoms with Gasteiger partial charge in [-0.3, -0.25) is 5.32 Å². The molecule has 0 saturated carbocycles. The Morgan fingerprint density at radius 1 is 1.41 bits per heavy atom. The fourth-order valence-corrected chi connectivity index (χ4v) is 2.90. The summed E-state index contributed by atoms with van der Waals surface area (Å²) in [5.74, 6) is 5.88. The second-order valence-electron chi connectivity index (χ2n) is 6.88. The van der Waals surface area contributed by atoms with Crippen molar-refractivity contribution in [2.45, 2.75) is 45.9 Å². The molecule has 3 heterocycles. The molecule has 1 N–H and O–H groups in total. The van der Waals surface area contributed by atoms with Crippen molar-refractivity contribution in [2.75, 3.05) is 11.9 Å². The number of aromatic nitrogens is 4. The Balaban J connectivity index is 1.66. The normalized spacial score (nSPS) is 16.5. The zero-order valence-corrected chi connectivity index (χ0v) is 16.5. The van der Waals surface area contributed by atoms with Gasteiger partial charge in [-0.1, -0.05) is 17.4 Å². The van der Waals surface area contributed by atoms with Crippen molar-refractivity contribution in [3.8, 4) is 11.8 Å². The molecule has 1 amide bonds. The van der Waals surface area contributed by atoms with Gasteiger partial charge in [-0.15, -0.1) is 10.2 Å². The molecule has 1 aliphatic heterocycles. The van der Waals surface area contributed by atoms with Crippen LogP contribution in [0, 0.1) is 18.8 Å². The Kier molecular flexibility index (Phi) is 5.58. The Hall–Kier alpha value is -2.70. The number of amides is 1. The standard InChI is InChI=1S/C18H21N5O3S/c1-12-11-13(22-23(12)15-7-5-6-10-25-15)8-9-14-20-21-16(27-14)19-17(24)26-18(2,3)4/h5,7,11,15H,6,10H2,1-4H3,(H,19,21,24). The van der Waals surface area contributed by atoms with Crippen LogP contribution in [0.25, 0.3) is 0 Å². The highest BCUT2D eigenvalue weighted by atomic mass is 32.1. The number of nitrogens with zero attached hydrogens (tertiary/aromatic N) is 4. The molecular formula is C18H21N5O3S. The number of anilines is 1. The lowest BCUT2D eigenvalue weighted by Gasteiger charge is -2.19. The fraction of sp³-hybridized carbons (Fsp3) is 0.444. The fourth-order valence-electron chi connectivity index (χ4n) is 2.32. The summed E-state index contributed by atoms with van der Waals surface area (Å²) in [6.45, 7) is 8.01. The van der Waals surface area contributed by atoms with E-state index in [-0.39, 0.29) is 6.23 Å². The molecule has 2 aromatic rings. The molecule has 0 bridgehead atoms. The van der Waals surface area contributed by atoms with Crippen LogP contribution < -0.4 is 5.32 Å². The van der Waals surface area contributed by atoms with Crippen molar-refractivity contribution < 1.29 is 14.3 Å². The molecule has 27 heavy (non-hydrogen) atoms. The molecule has 0 aromatic carbocycles. The zero-order valence-electron chi connectivity index (χ0n) is 15.6. The van der Waals surface area contributed by atoms with Crippen molar-refractivity contribution in [2.24, 2.45) is 0 Å². The highest BCUT2D eigenvalue weighted by Gasteiger charge is 2.17. The molecule has 8 nitrogen and oxygen atoms in total. The van der Waals surface area contributed by atoms with E-state index < -0.39 is 11.7 Å². The number of nitrogens with one attached hydrogen (secondary N) is 1. The van der Waals surface area contributed by atoms with Gasteiger partial charge in [0.15, 0.2) is 11.2 Å². The first-order valence-electron chi connectivity index (χ1n) is 8.50. The molecule has 0 radical (unpaired) electrons. The summed E-state index contributed by atoms with van der Waals surface area (Å²) in [5, 5.41) is 15.7. The largest absolute Gasteiger partial charge is 0.444 e. The summed E-state index contributed by atoms with van der Waals surface area (Å²) in [6, 6.07) is 1.89. The highest BCUT2D eigenvalue weighted by Crippen LogP contribution is 2.19. The number of rotatable bonds is 2. The average Bonchev–Trinajstić information content (AvgIpc) is 3.18. The molecule has 0 fully saturated rings. The highest BCUT2D eigenvalue weighted by molar-refractivity contribution is 7.15. The monoisotopic (exact) mass is 387 g/mol. The third-order valence-corrected chi connectivity index (χ3v) is 4.12. The number of aryl methyl sites for hydroxylation is 1. The maximum atomic E-state index is 11.7. The van der Waals surface area contributed by atoms with Gasteiger partial charge < -0.3 is 9.47 Å². The molecule has 1 unspecified atom stereocenters. The lowest BCUT2D eigenvalue weighted by molar-refractivity contribution is 0.0224. The van der Waals surface area contributed by atoms with E-state index >= 15 is 0 Å². The second kappa shape index (κ2) is 7.90. The Morgan fingerprint density at radius 2 is 2.22 bits per heavy atom. The lowest BCUT2D eigenvalue weighted by atomic mass is 10.2. The topological polar surface area (TPSA) is 91.2 Å². The quantitative estimate of drug-likeness (QED) is 0.628. The van der Waals surface area contributed by atoms with Gasteiger partial charge in [-0.25, -0.2) is 9.48 Å². The molecule has 1 aliphatic rings. The third-order valence-electron chi connectivity index (χ3n) is 3.37. The van der Waals surface area contributed by atoms with E-state index in [1.54, 1.807) is 25.5 Å². The molecule has 9 heteroatoms. The molecule has 1 atom stereocenters. The van der Waals surface area contributed by atoms with Crippen LogP contribution in [0.5, 0.6) is 0 Å². The van der Waals surface area contributed by atoms with Crippen LogP contribution in [0.1, 0.15) is 49.8 Å². The van der Waals surface area contributed by atoms with Crippen molar-refractivity contribution in [3.05, 3.63) is 34.6 Å². The third kappa shape index (κ3) is 5.39. The van der Waals surface area contributed by atoms with Crippen LogP contribution in [-0.2, 0) is 9.47 Å². The molecule has 0 saturated heterocycles. The van der Waals surface area contributed by atoms with E-state index in [9.17, 15) is 4.79 Å². The predicted molar refractivity (Wildman–Crippen MR) is 101 cm³/mol. The Labute approximate surface area is 161 Å². The number of carbonyl (C=O) groups excluding carboxylic acids is 1. The van der Waals surface area contributed by atoms with Crippen LogP contribution in [0.2, 0.25) is 0 Å². The van der Waals surface area contributed by atoms with Gasteiger partial charge in [0.1, 0.15) is 11.3 Å². The van der Waals surface area contributed by atoms with E-state index in [0.29, 0.717) is 22.4 Å². The summed E-state index contributed by atoms with van der Waals surface area (Å²) in [6.07, 6.45) is 4.22. The van der Waals surface area contributed by atoms with Gasteiger partial charge in [0.05, 0.1) is 6.61 Å². The maximum Gasteiger partial charge on any atom is 0.414 e. The van der Waals surface area contributed by atoms with Gasteiger partial charge in [0.2, 0.25) is 5.13 Å². The van der Waals surface area contributed by atoms with E-state index in [1.807, 2.05) is 19.1 Å². The van der Waals surface area contributed by atoms with E-state index in [2.05, 4.69) is 38.5 Å². The van der Waals surface area contributed by atoms with Crippen LogP contribution in [-0.4, -0.2) is 38.3 Å². The summed E-state index contributed by atoms with van der Waals surface area (Å²) >= 11 is 1.17. The average molecular weight is 387 g/mol. The second-order valence-corrected chi connectivity index (χ2v) is 7.86. The molecule has 142 valence electrons. The molecule has 3 rings (SSSR count). The number of ether oxygens (including phenoxy) is 2. The first-order valence-corrected chi connectivity index (χ1v) is 9.32. The number of hydrogen-bond acceptors (Lipinski definition) is 7. The smallest absolute Gasteiger partial charge is 0.414 e. The molecular weight excluding hydrogens is 366 g/mol. The van der Waals surface area contributed by atoms with E-state index in [0.717, 1.165) is 12.1 Å². The number of hydrogen-bond donors (Lipinski definition) is 1. The van der Waals surface area contributed by atoms with Crippen molar-refractivity contribution >= 4 is 22.6 Å². The molecule has 2 aromatic heterocycles. The van der Waals surface area contributed by atoms with Crippen LogP contribution >= 0.6 is 11.3 Å². The van der Waals surface area contributed by atoms with Gasteiger partial charge in [-0.05, 0) is 58.1 Å². The summed E-state index contributed by atoms with van der Waals surface area (Å²) in [7, 11) is 0. The van der Waals surface area contributed by atoms with Gasteiger partial charge >= 0.3 is 6.09 Å². The first-order chi connectivity index (χ1) is 12.8. The number of carbonyl (C=O) groups is 1. The minimum Gasteiger partial charge on any atom is -0.444 e. The molecule has 0 spiro atoms. The molecule has 0 aliphatic carbocycles. The first kappa shape index (κ1) is 19.1.